The van der Waals surface area contributed by atoms with Crippen molar-refractivity contribution in [3.05, 3.63) is 47.7 Å². The molecule has 0 radical (unpaired) electrons. The van der Waals surface area contributed by atoms with E-state index < -0.39 is 0 Å². The Kier molecular flexibility index (Phi) is 3.11. The maximum atomic E-state index is 5.59. The van der Waals surface area contributed by atoms with Gasteiger partial charge in [0.25, 0.3) is 0 Å². The molecule has 0 unspecified atom stereocenters. The van der Waals surface area contributed by atoms with Gasteiger partial charge in [0.15, 0.2) is 0 Å². The van der Waals surface area contributed by atoms with E-state index in [2.05, 4.69) is 38.1 Å². The summed E-state index contributed by atoms with van der Waals surface area (Å²) < 4.78 is 5.59. The zero-order chi connectivity index (χ0) is 11.5. The summed E-state index contributed by atoms with van der Waals surface area (Å²) >= 11 is 0. The van der Waals surface area contributed by atoms with Gasteiger partial charge in [0.05, 0.1) is 6.54 Å². The van der Waals surface area contributed by atoms with E-state index in [1.165, 1.54) is 5.56 Å². The van der Waals surface area contributed by atoms with Crippen LogP contribution < -0.4 is 5.73 Å². The topological polar surface area (TPSA) is 39.2 Å². The molecule has 2 nitrogen and oxygen atoms in total. The standard InChI is InChI=1S/C14H17NO/c1-10(2)11-3-5-12(6-4-11)14-8-7-13(9-15)16-14/h3-8,10H,9,15H2,1-2H3. The summed E-state index contributed by atoms with van der Waals surface area (Å²) in [4.78, 5) is 0. The minimum Gasteiger partial charge on any atom is -0.460 e. The second kappa shape index (κ2) is 4.54. The van der Waals surface area contributed by atoms with Gasteiger partial charge < -0.3 is 10.2 Å². The van der Waals surface area contributed by atoms with Gasteiger partial charge in [-0.05, 0) is 23.6 Å². The molecule has 1 heterocycles. The van der Waals surface area contributed by atoms with E-state index in [4.69, 9.17) is 10.2 Å². The molecule has 84 valence electrons. The highest BCUT2D eigenvalue weighted by molar-refractivity contribution is 5.58. The maximum Gasteiger partial charge on any atom is 0.134 e. The lowest BCUT2D eigenvalue weighted by atomic mass is 10.0. The van der Waals surface area contributed by atoms with Gasteiger partial charge in [-0.1, -0.05) is 38.1 Å². The van der Waals surface area contributed by atoms with Gasteiger partial charge in [-0.3, -0.25) is 0 Å². The van der Waals surface area contributed by atoms with Crippen LogP contribution in [0.25, 0.3) is 11.3 Å². The van der Waals surface area contributed by atoms with E-state index >= 15 is 0 Å². The molecule has 0 saturated carbocycles. The van der Waals surface area contributed by atoms with E-state index in [0.29, 0.717) is 12.5 Å². The number of furan rings is 1. The molecule has 0 atom stereocenters. The van der Waals surface area contributed by atoms with Crippen LogP contribution in [0.4, 0.5) is 0 Å². The predicted octanol–water partition coefficient (Wildman–Crippen LogP) is 3.53. The fourth-order valence-corrected chi connectivity index (χ4v) is 1.68. The Morgan fingerprint density at radius 3 is 2.25 bits per heavy atom. The summed E-state index contributed by atoms with van der Waals surface area (Å²) in [5.74, 6) is 2.27. The maximum absolute atomic E-state index is 5.59. The van der Waals surface area contributed by atoms with Crippen LogP contribution in [-0.2, 0) is 6.54 Å². The van der Waals surface area contributed by atoms with Crippen molar-refractivity contribution in [2.75, 3.05) is 0 Å². The monoisotopic (exact) mass is 215 g/mol. The van der Waals surface area contributed by atoms with Crippen LogP contribution >= 0.6 is 0 Å². The Hall–Kier alpha value is -1.54. The Bertz CT molecular complexity index is 454. The van der Waals surface area contributed by atoms with Gasteiger partial charge in [0.1, 0.15) is 11.5 Å². The first-order chi connectivity index (χ1) is 7.70. The zero-order valence-corrected chi connectivity index (χ0v) is 9.73. The lowest BCUT2D eigenvalue weighted by Gasteiger charge is -2.05. The molecule has 2 heteroatoms. The van der Waals surface area contributed by atoms with Crippen molar-refractivity contribution in [2.24, 2.45) is 5.73 Å². The normalized spacial score (nSPS) is 11.0. The molecule has 0 saturated heterocycles. The summed E-state index contributed by atoms with van der Waals surface area (Å²) in [6, 6.07) is 12.4. The molecular formula is C14H17NO. The summed E-state index contributed by atoms with van der Waals surface area (Å²) in [7, 11) is 0. The van der Waals surface area contributed by atoms with Crippen LogP contribution in [-0.4, -0.2) is 0 Å². The molecule has 2 aromatic rings. The Balaban J connectivity index is 2.27. The van der Waals surface area contributed by atoms with Crippen LogP contribution in [0, 0.1) is 0 Å². The quantitative estimate of drug-likeness (QED) is 0.850. The first-order valence-corrected chi connectivity index (χ1v) is 5.60. The molecule has 16 heavy (non-hydrogen) atoms. The fourth-order valence-electron chi connectivity index (χ4n) is 1.68. The average Bonchev–Trinajstić information content (AvgIpc) is 2.77. The third-order valence-electron chi connectivity index (χ3n) is 2.72. The molecule has 2 rings (SSSR count). The summed E-state index contributed by atoms with van der Waals surface area (Å²) in [6.07, 6.45) is 0. The van der Waals surface area contributed by atoms with E-state index in [9.17, 15) is 0 Å². The number of nitrogens with two attached hydrogens (primary N) is 1. The highest BCUT2D eigenvalue weighted by atomic mass is 16.3. The SMILES string of the molecule is CC(C)c1ccc(-c2ccc(CN)o2)cc1. The number of hydrogen-bond acceptors (Lipinski definition) is 2. The van der Waals surface area contributed by atoms with Crippen molar-refractivity contribution in [2.45, 2.75) is 26.3 Å². The van der Waals surface area contributed by atoms with Crippen LogP contribution in [0.15, 0.2) is 40.8 Å². The zero-order valence-electron chi connectivity index (χ0n) is 9.73. The van der Waals surface area contributed by atoms with Gasteiger partial charge in [-0.15, -0.1) is 0 Å². The first-order valence-electron chi connectivity index (χ1n) is 5.60. The predicted molar refractivity (Wildman–Crippen MR) is 66.1 cm³/mol. The van der Waals surface area contributed by atoms with E-state index in [-0.39, 0.29) is 0 Å². The molecule has 0 spiro atoms. The second-order valence-electron chi connectivity index (χ2n) is 4.25. The molecule has 0 aliphatic carbocycles. The van der Waals surface area contributed by atoms with Crippen LogP contribution in [0.2, 0.25) is 0 Å². The van der Waals surface area contributed by atoms with E-state index in [0.717, 1.165) is 17.1 Å². The Labute approximate surface area is 96.1 Å². The molecule has 0 fully saturated rings. The van der Waals surface area contributed by atoms with Crippen molar-refractivity contribution in [3.63, 3.8) is 0 Å². The Morgan fingerprint density at radius 2 is 1.75 bits per heavy atom. The molecule has 1 aromatic carbocycles. The number of rotatable bonds is 3. The van der Waals surface area contributed by atoms with Crippen molar-refractivity contribution < 1.29 is 4.42 Å². The van der Waals surface area contributed by atoms with E-state index in [1.807, 2.05) is 12.1 Å². The lowest BCUT2D eigenvalue weighted by Crippen LogP contribution is -1.92. The second-order valence-corrected chi connectivity index (χ2v) is 4.25. The minimum absolute atomic E-state index is 0.448. The molecule has 0 aliphatic rings. The number of benzene rings is 1. The van der Waals surface area contributed by atoms with Crippen molar-refractivity contribution in [3.8, 4) is 11.3 Å². The third-order valence-corrected chi connectivity index (χ3v) is 2.72. The molecular weight excluding hydrogens is 198 g/mol. The van der Waals surface area contributed by atoms with Gasteiger partial charge in [-0.2, -0.15) is 0 Å². The van der Waals surface area contributed by atoms with Crippen molar-refractivity contribution >= 4 is 0 Å². The smallest absolute Gasteiger partial charge is 0.134 e. The first kappa shape index (κ1) is 11.0. The highest BCUT2D eigenvalue weighted by Crippen LogP contribution is 2.24. The largest absolute Gasteiger partial charge is 0.460 e. The molecule has 0 amide bonds. The van der Waals surface area contributed by atoms with Crippen LogP contribution in [0.5, 0.6) is 0 Å². The van der Waals surface area contributed by atoms with Crippen molar-refractivity contribution in [1.82, 2.24) is 0 Å². The Morgan fingerprint density at radius 1 is 1.06 bits per heavy atom. The van der Waals surface area contributed by atoms with Crippen molar-refractivity contribution in [1.29, 1.82) is 0 Å². The molecule has 0 bridgehead atoms. The third kappa shape index (κ3) is 2.17. The average molecular weight is 215 g/mol. The molecule has 2 N–H and O–H groups in total. The van der Waals surface area contributed by atoms with Crippen LogP contribution in [0.1, 0.15) is 31.1 Å². The summed E-state index contributed by atoms with van der Waals surface area (Å²) in [5, 5.41) is 0. The number of hydrogen-bond donors (Lipinski definition) is 1. The van der Waals surface area contributed by atoms with Crippen LogP contribution in [0.3, 0.4) is 0 Å². The minimum atomic E-state index is 0.448. The fraction of sp³-hybridized carbons (Fsp3) is 0.286. The van der Waals surface area contributed by atoms with Gasteiger partial charge in [0.2, 0.25) is 0 Å². The van der Waals surface area contributed by atoms with Gasteiger partial charge in [0, 0.05) is 5.56 Å². The summed E-state index contributed by atoms with van der Waals surface area (Å²) in [6.45, 7) is 4.83. The van der Waals surface area contributed by atoms with Gasteiger partial charge in [-0.25, -0.2) is 0 Å². The van der Waals surface area contributed by atoms with E-state index in [1.54, 1.807) is 0 Å². The highest BCUT2D eigenvalue weighted by Gasteiger charge is 2.04. The lowest BCUT2D eigenvalue weighted by molar-refractivity contribution is 0.525. The van der Waals surface area contributed by atoms with Gasteiger partial charge >= 0.3 is 0 Å². The summed E-state index contributed by atoms with van der Waals surface area (Å²) in [5.41, 5.74) is 7.95. The molecule has 1 aromatic heterocycles. The molecule has 0 aliphatic heterocycles.